The van der Waals surface area contributed by atoms with E-state index in [4.69, 9.17) is 0 Å². The summed E-state index contributed by atoms with van der Waals surface area (Å²) in [6, 6.07) is 9.84. The van der Waals surface area contributed by atoms with E-state index in [-0.39, 0.29) is 5.75 Å². The van der Waals surface area contributed by atoms with Gasteiger partial charge in [-0.15, -0.1) is 0 Å². The summed E-state index contributed by atoms with van der Waals surface area (Å²) < 4.78 is 34.9. The maximum atomic E-state index is 11.6. The lowest BCUT2D eigenvalue weighted by Gasteiger charge is -2.33. The summed E-state index contributed by atoms with van der Waals surface area (Å²) in [4.78, 5) is 0. The summed E-state index contributed by atoms with van der Waals surface area (Å²) in [5.74, 6) is -0.285. The molecule has 0 radical (unpaired) electrons. The van der Waals surface area contributed by atoms with Crippen LogP contribution in [0.15, 0.2) is 30.3 Å². The zero-order valence-electron chi connectivity index (χ0n) is 15.9. The van der Waals surface area contributed by atoms with Crippen molar-refractivity contribution < 1.29 is 18.3 Å². The van der Waals surface area contributed by atoms with Gasteiger partial charge in [0.2, 0.25) is 0 Å². The van der Waals surface area contributed by atoms with Crippen molar-refractivity contribution in [1.82, 2.24) is 0 Å². The molecular formula is C20H35NO3S. The van der Waals surface area contributed by atoms with Gasteiger partial charge in [-0.1, -0.05) is 70.6 Å². The minimum Gasteiger partial charge on any atom is -0.748 e. The van der Waals surface area contributed by atoms with E-state index in [1.165, 1.54) is 0 Å². The minimum absolute atomic E-state index is 0.285. The number of quaternary nitrogens is 1. The molecule has 0 saturated heterocycles. The molecule has 0 aliphatic carbocycles. The highest BCUT2D eigenvalue weighted by Crippen LogP contribution is 2.23. The van der Waals surface area contributed by atoms with E-state index in [9.17, 15) is 13.0 Å². The van der Waals surface area contributed by atoms with Gasteiger partial charge in [0.05, 0.1) is 5.75 Å². The molecule has 0 aliphatic rings. The average Bonchev–Trinajstić information content (AvgIpc) is 2.55. The summed E-state index contributed by atoms with van der Waals surface area (Å²) in [5, 5.41) is 2.06. The van der Waals surface area contributed by atoms with Crippen molar-refractivity contribution in [2.75, 3.05) is 5.75 Å². The third-order valence-electron chi connectivity index (χ3n) is 4.79. The molecule has 0 spiro atoms. The van der Waals surface area contributed by atoms with E-state index in [0.29, 0.717) is 0 Å². The minimum atomic E-state index is -4.27. The number of unbranched alkanes of at least 4 members (excludes halogenated alkanes) is 6. The maximum Gasteiger partial charge on any atom is 0.130 e. The lowest BCUT2D eigenvalue weighted by Crippen LogP contribution is -2.93. The molecule has 1 rings (SSSR count). The molecular weight excluding hydrogens is 334 g/mol. The third-order valence-corrected chi connectivity index (χ3v) is 5.72. The molecule has 5 heteroatoms. The number of hydrogen-bond donors (Lipinski definition) is 1. The molecule has 0 unspecified atom stereocenters. The van der Waals surface area contributed by atoms with Gasteiger partial charge in [0, 0.05) is 12.8 Å². The molecule has 1 aromatic carbocycles. The maximum absolute atomic E-state index is 11.6. The van der Waals surface area contributed by atoms with E-state index in [1.54, 1.807) is 0 Å². The van der Waals surface area contributed by atoms with Crippen molar-refractivity contribution in [1.29, 1.82) is 0 Å². The van der Waals surface area contributed by atoms with Crippen LogP contribution in [0.5, 0.6) is 0 Å². The predicted octanol–water partition coefficient (Wildman–Crippen LogP) is 4.11. The molecule has 0 aliphatic heterocycles. The number of benzene rings is 1. The zero-order valence-corrected chi connectivity index (χ0v) is 16.7. The molecule has 0 bridgehead atoms. The van der Waals surface area contributed by atoms with Crippen molar-refractivity contribution in [3.8, 4) is 0 Å². The van der Waals surface area contributed by atoms with Crippen LogP contribution in [0.4, 0.5) is 5.69 Å². The van der Waals surface area contributed by atoms with Gasteiger partial charge in [0.15, 0.2) is 0 Å². The van der Waals surface area contributed by atoms with Crippen molar-refractivity contribution >= 4 is 15.8 Å². The highest BCUT2D eigenvalue weighted by atomic mass is 32.2. The lowest BCUT2D eigenvalue weighted by atomic mass is 9.87. The van der Waals surface area contributed by atoms with E-state index in [1.807, 2.05) is 30.3 Å². The summed E-state index contributed by atoms with van der Waals surface area (Å²) in [7, 11) is -4.27. The van der Waals surface area contributed by atoms with Crippen molar-refractivity contribution in [3.63, 3.8) is 0 Å². The molecule has 2 N–H and O–H groups in total. The molecule has 0 fully saturated rings. The Morgan fingerprint density at radius 2 is 1.40 bits per heavy atom. The first-order valence-corrected chi connectivity index (χ1v) is 11.3. The zero-order chi connectivity index (χ0) is 18.6. The molecule has 144 valence electrons. The van der Waals surface area contributed by atoms with E-state index < -0.39 is 15.7 Å². The second-order valence-corrected chi connectivity index (χ2v) is 8.64. The Morgan fingerprint density at radius 3 is 1.84 bits per heavy atom. The number of para-hydroxylation sites is 1. The molecule has 4 nitrogen and oxygen atoms in total. The van der Waals surface area contributed by atoms with Crippen molar-refractivity contribution in [3.05, 3.63) is 30.3 Å². The van der Waals surface area contributed by atoms with Crippen LogP contribution in [0, 0.1) is 0 Å². The van der Waals surface area contributed by atoms with Gasteiger partial charge >= 0.3 is 0 Å². The molecule has 25 heavy (non-hydrogen) atoms. The Balaban J connectivity index is 2.93. The normalized spacial score (nSPS) is 12.4. The fraction of sp³-hybridized carbons (Fsp3) is 0.700. The summed E-state index contributed by atoms with van der Waals surface area (Å²) in [6.45, 7) is 4.33. The van der Waals surface area contributed by atoms with Gasteiger partial charge in [-0.2, -0.15) is 0 Å². The van der Waals surface area contributed by atoms with Gasteiger partial charge in [-0.25, -0.2) is 8.42 Å². The Labute approximate surface area is 154 Å². The predicted molar refractivity (Wildman–Crippen MR) is 103 cm³/mol. The molecule has 0 heterocycles. The van der Waals surface area contributed by atoms with Crippen molar-refractivity contribution in [2.24, 2.45) is 0 Å². The first-order valence-electron chi connectivity index (χ1n) is 9.75. The fourth-order valence-corrected chi connectivity index (χ4v) is 4.59. The quantitative estimate of drug-likeness (QED) is 0.305. The Bertz CT molecular complexity index is 546. The lowest BCUT2D eigenvalue weighted by molar-refractivity contribution is -0.651. The third kappa shape index (κ3) is 9.97. The second kappa shape index (κ2) is 11.7. The van der Waals surface area contributed by atoms with E-state index >= 15 is 0 Å². The van der Waals surface area contributed by atoms with Crippen LogP contribution in [-0.2, 0) is 10.1 Å². The molecule has 0 saturated carbocycles. The Hall–Kier alpha value is -0.910. The number of hydrogen-bond acceptors (Lipinski definition) is 3. The van der Waals surface area contributed by atoms with E-state index in [0.717, 1.165) is 69.9 Å². The fourth-order valence-electron chi connectivity index (χ4n) is 3.52. The number of rotatable bonds is 14. The monoisotopic (exact) mass is 369 g/mol. The standard InChI is InChI=1S/C20H35NO3S/c1-3-5-7-12-16-20(18-25(22,23)24,17-13-8-6-4-2)21-19-14-10-9-11-15-19/h9-11,14-15,21H,3-8,12-13,16-18H2,1-2H3,(H,22,23,24). The summed E-state index contributed by atoms with van der Waals surface area (Å²) >= 11 is 0. The first kappa shape index (κ1) is 22.1. The van der Waals surface area contributed by atoms with Gasteiger partial charge in [-0.05, 0) is 25.0 Å². The molecule has 0 atom stereocenters. The van der Waals surface area contributed by atoms with Crippen LogP contribution < -0.4 is 5.32 Å². The molecule has 0 aromatic heterocycles. The van der Waals surface area contributed by atoms with Gasteiger partial charge in [-0.3, -0.25) is 0 Å². The van der Waals surface area contributed by atoms with Gasteiger partial charge in [0.1, 0.15) is 21.3 Å². The molecule has 0 amide bonds. The smallest absolute Gasteiger partial charge is 0.130 e. The highest BCUT2D eigenvalue weighted by Gasteiger charge is 2.35. The van der Waals surface area contributed by atoms with Crippen LogP contribution in [0.25, 0.3) is 0 Å². The van der Waals surface area contributed by atoms with E-state index in [2.05, 4.69) is 19.2 Å². The number of nitrogens with two attached hydrogens (primary N) is 1. The first-order chi connectivity index (χ1) is 11.9. The SMILES string of the molecule is CCCCCCC(CCCCCC)(CS(=O)(=O)[O-])[NH2+]c1ccccc1. The van der Waals surface area contributed by atoms with Crippen LogP contribution in [0.3, 0.4) is 0 Å². The molecule has 1 aromatic rings. The summed E-state index contributed by atoms with van der Waals surface area (Å²) in [6.07, 6.45) is 10.3. The van der Waals surface area contributed by atoms with Crippen LogP contribution in [-0.4, -0.2) is 24.3 Å². The topological polar surface area (TPSA) is 73.8 Å². The van der Waals surface area contributed by atoms with Crippen molar-refractivity contribution in [2.45, 2.75) is 83.6 Å². The van der Waals surface area contributed by atoms with Crippen LogP contribution >= 0.6 is 0 Å². The average molecular weight is 370 g/mol. The Morgan fingerprint density at radius 1 is 0.880 bits per heavy atom. The van der Waals surface area contributed by atoms with Crippen LogP contribution in [0.2, 0.25) is 0 Å². The Kier molecular flexibility index (Phi) is 10.3. The highest BCUT2D eigenvalue weighted by molar-refractivity contribution is 7.85. The van der Waals surface area contributed by atoms with Gasteiger partial charge in [0.25, 0.3) is 0 Å². The second-order valence-electron chi connectivity index (χ2n) is 7.24. The van der Waals surface area contributed by atoms with Gasteiger partial charge < -0.3 is 9.87 Å². The largest absolute Gasteiger partial charge is 0.748 e. The summed E-state index contributed by atoms with van der Waals surface area (Å²) in [5.41, 5.74) is 0.473. The van der Waals surface area contributed by atoms with Crippen LogP contribution in [0.1, 0.15) is 78.1 Å².